The average Bonchev–Trinajstić information content (AvgIpc) is 3.32. The molecule has 0 radical (unpaired) electrons. The van der Waals surface area contributed by atoms with Crippen LogP contribution in [0.3, 0.4) is 0 Å². The zero-order valence-corrected chi connectivity index (χ0v) is 17.3. The third kappa shape index (κ3) is 5.51. The molecule has 0 bridgehead atoms. The Bertz CT molecular complexity index is 941. The monoisotopic (exact) mass is 396 g/mol. The van der Waals surface area contributed by atoms with E-state index in [4.69, 9.17) is 10.3 Å². The molecule has 1 aromatic carbocycles. The number of benzene rings is 1. The van der Waals surface area contributed by atoms with E-state index in [0.29, 0.717) is 18.1 Å². The molecule has 3 N–H and O–H groups in total. The van der Waals surface area contributed by atoms with Crippen molar-refractivity contribution in [2.45, 2.75) is 58.2 Å². The summed E-state index contributed by atoms with van der Waals surface area (Å²) in [6.45, 7) is 8.51. The number of hydrogen-bond donors (Lipinski definition) is 2. The molecule has 0 aliphatic carbocycles. The van der Waals surface area contributed by atoms with Gasteiger partial charge in [0.2, 0.25) is 11.8 Å². The van der Waals surface area contributed by atoms with Gasteiger partial charge in [-0.2, -0.15) is 4.98 Å². The van der Waals surface area contributed by atoms with Gasteiger partial charge in [0.15, 0.2) is 5.82 Å². The lowest BCUT2D eigenvalue weighted by molar-refractivity contribution is -0.123. The van der Waals surface area contributed by atoms with Crippen LogP contribution in [0.15, 0.2) is 47.4 Å². The standard InChI is InChI=1S/C21H28N6O2/c1-14(19-25-20(26-29-19)21(2,3)4)24-18(28)17(22)10-16-12-27(13-23-16)11-15-8-6-5-7-9-15/h5-9,12-14,17H,10-11,22H2,1-4H3,(H,24,28)/t14?,17-/m0/s1. The van der Waals surface area contributed by atoms with E-state index in [1.165, 1.54) is 5.56 Å². The van der Waals surface area contributed by atoms with Gasteiger partial charge in [-0.3, -0.25) is 4.79 Å². The van der Waals surface area contributed by atoms with Crippen molar-refractivity contribution in [1.82, 2.24) is 25.0 Å². The van der Waals surface area contributed by atoms with Gasteiger partial charge in [0.25, 0.3) is 0 Å². The summed E-state index contributed by atoms with van der Waals surface area (Å²) in [7, 11) is 0. The lowest BCUT2D eigenvalue weighted by Crippen LogP contribution is -2.43. The number of amides is 1. The topological polar surface area (TPSA) is 112 Å². The summed E-state index contributed by atoms with van der Waals surface area (Å²) in [4.78, 5) is 21.2. The summed E-state index contributed by atoms with van der Waals surface area (Å²) in [6.07, 6.45) is 4.01. The Labute approximate surface area is 170 Å². The molecule has 29 heavy (non-hydrogen) atoms. The molecule has 0 spiro atoms. The lowest BCUT2D eigenvalue weighted by Gasteiger charge is -2.14. The first-order valence-corrected chi connectivity index (χ1v) is 9.67. The minimum Gasteiger partial charge on any atom is -0.343 e. The number of nitrogens with two attached hydrogens (primary N) is 1. The Morgan fingerprint density at radius 3 is 2.66 bits per heavy atom. The van der Waals surface area contributed by atoms with E-state index in [-0.39, 0.29) is 11.3 Å². The maximum atomic E-state index is 12.5. The number of rotatable bonds is 7. The second-order valence-corrected chi connectivity index (χ2v) is 8.27. The fourth-order valence-corrected chi connectivity index (χ4v) is 2.81. The molecular weight excluding hydrogens is 368 g/mol. The van der Waals surface area contributed by atoms with E-state index >= 15 is 0 Å². The Morgan fingerprint density at radius 1 is 1.28 bits per heavy atom. The number of carbonyl (C=O) groups is 1. The molecule has 154 valence electrons. The van der Waals surface area contributed by atoms with Crippen LogP contribution in [0.4, 0.5) is 0 Å². The zero-order chi connectivity index (χ0) is 21.0. The molecule has 8 heteroatoms. The van der Waals surface area contributed by atoms with E-state index in [0.717, 1.165) is 12.2 Å². The van der Waals surface area contributed by atoms with Gasteiger partial charge in [-0.1, -0.05) is 56.3 Å². The van der Waals surface area contributed by atoms with E-state index in [1.54, 1.807) is 13.3 Å². The molecule has 3 rings (SSSR count). The fourth-order valence-electron chi connectivity index (χ4n) is 2.81. The van der Waals surface area contributed by atoms with Gasteiger partial charge >= 0.3 is 0 Å². The quantitative estimate of drug-likeness (QED) is 0.634. The van der Waals surface area contributed by atoms with Gasteiger partial charge in [-0.25, -0.2) is 4.98 Å². The van der Waals surface area contributed by atoms with Crippen LogP contribution >= 0.6 is 0 Å². The van der Waals surface area contributed by atoms with Gasteiger partial charge in [-0.15, -0.1) is 0 Å². The second kappa shape index (κ2) is 8.57. The van der Waals surface area contributed by atoms with Crippen LogP contribution < -0.4 is 11.1 Å². The summed E-state index contributed by atoms with van der Waals surface area (Å²) < 4.78 is 7.26. The Hall–Kier alpha value is -3.00. The maximum Gasteiger partial charge on any atom is 0.248 e. The predicted molar refractivity (Wildman–Crippen MR) is 109 cm³/mol. The van der Waals surface area contributed by atoms with Gasteiger partial charge in [-0.05, 0) is 12.5 Å². The fraction of sp³-hybridized carbons (Fsp3) is 0.429. The van der Waals surface area contributed by atoms with Crippen molar-refractivity contribution in [3.63, 3.8) is 0 Å². The van der Waals surface area contributed by atoms with Crippen LogP contribution in [-0.2, 0) is 23.2 Å². The van der Waals surface area contributed by atoms with Gasteiger partial charge in [0, 0.05) is 24.6 Å². The summed E-state index contributed by atoms with van der Waals surface area (Å²) >= 11 is 0. The number of hydrogen-bond acceptors (Lipinski definition) is 6. The van der Waals surface area contributed by atoms with Gasteiger partial charge in [0.05, 0.1) is 18.1 Å². The third-order valence-electron chi connectivity index (χ3n) is 4.50. The van der Waals surface area contributed by atoms with Crippen molar-refractivity contribution < 1.29 is 9.32 Å². The van der Waals surface area contributed by atoms with Crippen molar-refractivity contribution in [3.8, 4) is 0 Å². The second-order valence-electron chi connectivity index (χ2n) is 8.27. The van der Waals surface area contributed by atoms with Crippen LogP contribution in [-0.4, -0.2) is 31.6 Å². The Balaban J connectivity index is 1.54. The van der Waals surface area contributed by atoms with Crippen molar-refractivity contribution >= 4 is 5.91 Å². The molecule has 2 aromatic heterocycles. The van der Waals surface area contributed by atoms with Crippen LogP contribution in [0.5, 0.6) is 0 Å². The van der Waals surface area contributed by atoms with E-state index in [9.17, 15) is 4.79 Å². The molecule has 3 aromatic rings. The van der Waals surface area contributed by atoms with Gasteiger partial charge in [0.1, 0.15) is 6.04 Å². The minimum atomic E-state index is -0.720. The highest BCUT2D eigenvalue weighted by molar-refractivity contribution is 5.82. The first-order chi connectivity index (χ1) is 13.7. The summed E-state index contributed by atoms with van der Waals surface area (Å²) in [5.41, 5.74) is 7.81. The summed E-state index contributed by atoms with van der Waals surface area (Å²) in [5, 5.41) is 6.82. The molecule has 1 amide bonds. The molecular formula is C21H28N6O2. The van der Waals surface area contributed by atoms with Crippen LogP contribution in [0.2, 0.25) is 0 Å². The van der Waals surface area contributed by atoms with Crippen molar-refractivity contribution in [2.24, 2.45) is 5.73 Å². The highest BCUT2D eigenvalue weighted by atomic mass is 16.5. The van der Waals surface area contributed by atoms with E-state index in [1.807, 2.05) is 49.7 Å². The number of nitrogens with zero attached hydrogens (tertiary/aromatic N) is 4. The molecule has 2 heterocycles. The molecule has 0 saturated heterocycles. The molecule has 0 saturated carbocycles. The number of nitrogens with one attached hydrogen (secondary N) is 1. The number of imidazole rings is 1. The van der Waals surface area contributed by atoms with Crippen molar-refractivity contribution in [3.05, 3.63) is 65.8 Å². The molecule has 0 fully saturated rings. The summed E-state index contributed by atoms with van der Waals surface area (Å²) in [5.74, 6) is 0.676. The normalized spacial score (nSPS) is 13.8. The molecule has 1 unspecified atom stereocenters. The molecule has 0 aliphatic heterocycles. The van der Waals surface area contributed by atoms with Crippen molar-refractivity contribution in [2.75, 3.05) is 0 Å². The largest absolute Gasteiger partial charge is 0.343 e. The number of aromatic nitrogens is 4. The first-order valence-electron chi connectivity index (χ1n) is 9.67. The third-order valence-corrected chi connectivity index (χ3v) is 4.50. The van der Waals surface area contributed by atoms with Gasteiger partial charge < -0.3 is 20.1 Å². The van der Waals surface area contributed by atoms with Crippen LogP contribution in [0.1, 0.15) is 56.7 Å². The minimum absolute atomic E-state index is 0.222. The average molecular weight is 396 g/mol. The van der Waals surface area contributed by atoms with Crippen LogP contribution in [0.25, 0.3) is 0 Å². The molecule has 0 aliphatic rings. The summed E-state index contributed by atoms with van der Waals surface area (Å²) in [6, 6.07) is 8.96. The Morgan fingerprint density at radius 2 is 2.00 bits per heavy atom. The SMILES string of the molecule is CC(NC(=O)[C@@H](N)Cc1cn(Cc2ccccc2)cn1)c1nc(C(C)(C)C)no1. The zero-order valence-electron chi connectivity index (χ0n) is 17.3. The lowest BCUT2D eigenvalue weighted by atomic mass is 9.96. The smallest absolute Gasteiger partial charge is 0.248 e. The van der Waals surface area contributed by atoms with E-state index in [2.05, 4.69) is 32.6 Å². The molecule has 2 atom stereocenters. The van der Waals surface area contributed by atoms with E-state index < -0.39 is 12.1 Å². The van der Waals surface area contributed by atoms with Crippen molar-refractivity contribution in [1.29, 1.82) is 0 Å². The predicted octanol–water partition coefficient (Wildman–Crippen LogP) is 2.36. The van der Waals surface area contributed by atoms with Crippen LogP contribution in [0, 0.1) is 0 Å². The highest BCUT2D eigenvalue weighted by Gasteiger charge is 2.25. The Kier molecular flexibility index (Phi) is 6.12. The number of carbonyl (C=O) groups excluding carboxylic acids is 1. The maximum absolute atomic E-state index is 12.5. The first kappa shape index (κ1) is 20.7. The highest BCUT2D eigenvalue weighted by Crippen LogP contribution is 2.20. The molecule has 8 nitrogen and oxygen atoms in total.